The van der Waals surface area contributed by atoms with Crippen LogP contribution in [0, 0.1) is 20.8 Å². The standard InChI is InChI=1S/C25H23Cl2F3N2O3S/c1-15-10-16(2)24(17(3)11-15)36(34,35)32(13-18-4-9-21(26)22(27)12-18)14-23(33)31-20-7-5-19(6-8-20)25(28,29)30/h4-12H,13-14H2,1-3H3,(H,31,33). The maximum absolute atomic E-state index is 13.7. The highest BCUT2D eigenvalue weighted by atomic mass is 35.5. The highest BCUT2D eigenvalue weighted by Gasteiger charge is 2.31. The van der Waals surface area contributed by atoms with Gasteiger partial charge in [-0.3, -0.25) is 4.79 Å². The van der Waals surface area contributed by atoms with Crippen molar-refractivity contribution in [3.63, 3.8) is 0 Å². The van der Waals surface area contributed by atoms with Crippen LogP contribution < -0.4 is 5.32 Å². The molecule has 0 heterocycles. The fourth-order valence-corrected chi connectivity index (χ4v) is 5.99. The largest absolute Gasteiger partial charge is 0.416 e. The normalized spacial score (nSPS) is 12.1. The van der Waals surface area contributed by atoms with Gasteiger partial charge in [0.2, 0.25) is 15.9 Å². The molecule has 1 N–H and O–H groups in total. The van der Waals surface area contributed by atoms with Crippen molar-refractivity contribution in [3.8, 4) is 0 Å². The monoisotopic (exact) mass is 558 g/mol. The highest BCUT2D eigenvalue weighted by Crippen LogP contribution is 2.31. The Labute approximate surface area is 217 Å². The Hall–Kier alpha value is -2.59. The number of anilines is 1. The second-order valence-electron chi connectivity index (χ2n) is 8.37. The Morgan fingerprint density at radius 3 is 2.03 bits per heavy atom. The minimum absolute atomic E-state index is 0.0792. The number of hydrogen-bond acceptors (Lipinski definition) is 3. The molecule has 1 amide bonds. The number of nitrogens with one attached hydrogen (secondary N) is 1. The van der Waals surface area contributed by atoms with E-state index in [0.29, 0.717) is 21.7 Å². The highest BCUT2D eigenvalue weighted by molar-refractivity contribution is 7.89. The third kappa shape index (κ3) is 6.59. The van der Waals surface area contributed by atoms with Crippen LogP contribution in [0.15, 0.2) is 59.5 Å². The van der Waals surface area contributed by atoms with Crippen molar-refractivity contribution >= 4 is 44.8 Å². The molecule has 192 valence electrons. The number of carbonyl (C=O) groups is 1. The Kier molecular flexibility index (Phi) is 8.40. The number of alkyl halides is 3. The number of hydrogen-bond donors (Lipinski definition) is 1. The van der Waals surface area contributed by atoms with Gasteiger partial charge in [0.15, 0.2) is 0 Å². The summed E-state index contributed by atoms with van der Waals surface area (Å²) in [5.74, 6) is -0.721. The van der Waals surface area contributed by atoms with Gasteiger partial charge in [-0.05, 0) is 73.9 Å². The van der Waals surface area contributed by atoms with Crippen molar-refractivity contribution in [1.82, 2.24) is 4.31 Å². The van der Waals surface area contributed by atoms with Crippen LogP contribution in [0.5, 0.6) is 0 Å². The Bertz CT molecular complexity index is 1370. The van der Waals surface area contributed by atoms with Crippen LogP contribution in [0.1, 0.15) is 27.8 Å². The molecule has 0 saturated carbocycles. The van der Waals surface area contributed by atoms with Crippen LogP contribution in [0.4, 0.5) is 18.9 Å². The number of aryl methyl sites for hydroxylation is 3. The van der Waals surface area contributed by atoms with Gasteiger partial charge in [-0.1, -0.05) is 47.0 Å². The van der Waals surface area contributed by atoms with E-state index in [2.05, 4.69) is 5.32 Å². The number of rotatable bonds is 7. The first kappa shape index (κ1) is 28.0. The number of nitrogens with zero attached hydrogens (tertiary/aromatic N) is 1. The lowest BCUT2D eigenvalue weighted by Gasteiger charge is -2.24. The SMILES string of the molecule is Cc1cc(C)c(S(=O)(=O)N(CC(=O)Nc2ccc(C(F)(F)F)cc2)Cc2ccc(Cl)c(Cl)c2)c(C)c1. The second kappa shape index (κ2) is 10.8. The lowest BCUT2D eigenvalue weighted by molar-refractivity contribution is -0.137. The van der Waals surface area contributed by atoms with Gasteiger partial charge in [0, 0.05) is 12.2 Å². The van der Waals surface area contributed by atoms with Crippen LogP contribution in [0.2, 0.25) is 10.0 Å². The Balaban J connectivity index is 1.94. The molecule has 0 bridgehead atoms. The van der Waals surface area contributed by atoms with E-state index in [1.807, 2.05) is 6.92 Å². The third-order valence-electron chi connectivity index (χ3n) is 5.36. The fraction of sp³-hybridized carbons (Fsp3) is 0.240. The molecule has 0 saturated heterocycles. The molecular formula is C25H23Cl2F3N2O3S. The van der Waals surface area contributed by atoms with Gasteiger partial charge in [-0.25, -0.2) is 8.42 Å². The second-order valence-corrected chi connectivity index (χ2v) is 11.1. The first-order valence-electron chi connectivity index (χ1n) is 10.7. The van der Waals surface area contributed by atoms with Crippen LogP contribution in [-0.4, -0.2) is 25.2 Å². The molecule has 3 aromatic rings. The van der Waals surface area contributed by atoms with Crippen molar-refractivity contribution in [2.75, 3.05) is 11.9 Å². The Morgan fingerprint density at radius 2 is 1.50 bits per heavy atom. The fourth-order valence-electron chi connectivity index (χ4n) is 3.87. The van der Waals surface area contributed by atoms with Crippen molar-refractivity contribution in [3.05, 3.63) is 92.5 Å². The number of sulfonamides is 1. The topological polar surface area (TPSA) is 66.5 Å². The summed E-state index contributed by atoms with van der Waals surface area (Å²) in [5, 5.41) is 2.98. The quantitative estimate of drug-likeness (QED) is 0.348. The van der Waals surface area contributed by atoms with E-state index in [4.69, 9.17) is 23.2 Å². The summed E-state index contributed by atoms with van der Waals surface area (Å²) in [4.78, 5) is 12.9. The van der Waals surface area contributed by atoms with Crippen molar-refractivity contribution in [1.29, 1.82) is 0 Å². The first-order valence-corrected chi connectivity index (χ1v) is 12.9. The van der Waals surface area contributed by atoms with Gasteiger partial charge in [-0.15, -0.1) is 0 Å². The maximum Gasteiger partial charge on any atom is 0.416 e. The summed E-state index contributed by atoms with van der Waals surface area (Å²) in [6.07, 6.45) is -4.52. The lowest BCUT2D eigenvalue weighted by atomic mass is 10.1. The molecule has 0 unspecified atom stereocenters. The summed E-state index contributed by atoms with van der Waals surface area (Å²) >= 11 is 12.1. The number of carbonyl (C=O) groups excluding carboxylic acids is 1. The van der Waals surface area contributed by atoms with Crippen LogP contribution in [-0.2, 0) is 27.5 Å². The van der Waals surface area contributed by atoms with E-state index in [9.17, 15) is 26.4 Å². The predicted octanol–water partition coefficient (Wildman–Crippen LogP) is 6.77. The van der Waals surface area contributed by atoms with E-state index in [-0.39, 0.29) is 22.2 Å². The molecule has 36 heavy (non-hydrogen) atoms. The minimum atomic E-state index is -4.52. The molecule has 0 aliphatic carbocycles. The average molecular weight is 559 g/mol. The van der Waals surface area contributed by atoms with Gasteiger partial charge in [0.1, 0.15) is 0 Å². The zero-order valence-electron chi connectivity index (χ0n) is 19.6. The average Bonchev–Trinajstić information content (AvgIpc) is 2.74. The predicted molar refractivity (Wildman–Crippen MR) is 135 cm³/mol. The molecule has 3 aromatic carbocycles. The van der Waals surface area contributed by atoms with Crippen molar-refractivity contribution < 1.29 is 26.4 Å². The number of amides is 1. The minimum Gasteiger partial charge on any atom is -0.325 e. The molecule has 0 aromatic heterocycles. The summed E-state index contributed by atoms with van der Waals surface area (Å²) in [5.41, 5.74) is 1.67. The zero-order valence-corrected chi connectivity index (χ0v) is 21.9. The van der Waals surface area contributed by atoms with Crippen molar-refractivity contribution in [2.45, 2.75) is 38.4 Å². The van der Waals surface area contributed by atoms with Crippen molar-refractivity contribution in [2.24, 2.45) is 0 Å². The molecular weight excluding hydrogens is 536 g/mol. The lowest BCUT2D eigenvalue weighted by Crippen LogP contribution is -2.38. The molecule has 0 fully saturated rings. The smallest absolute Gasteiger partial charge is 0.325 e. The Morgan fingerprint density at radius 1 is 0.917 bits per heavy atom. The summed E-state index contributed by atoms with van der Waals surface area (Å²) in [7, 11) is -4.17. The number of benzene rings is 3. The van der Waals surface area contributed by atoms with Gasteiger partial charge in [0.25, 0.3) is 0 Å². The van der Waals surface area contributed by atoms with Crippen LogP contribution in [0.3, 0.4) is 0 Å². The van der Waals surface area contributed by atoms with E-state index < -0.39 is 34.2 Å². The molecule has 11 heteroatoms. The molecule has 5 nitrogen and oxygen atoms in total. The first-order chi connectivity index (χ1) is 16.7. The third-order valence-corrected chi connectivity index (χ3v) is 8.20. The van der Waals surface area contributed by atoms with Gasteiger partial charge < -0.3 is 5.32 Å². The van der Waals surface area contributed by atoms with E-state index in [1.54, 1.807) is 32.0 Å². The molecule has 0 aliphatic heterocycles. The summed E-state index contributed by atoms with van der Waals surface area (Å²) in [6.45, 7) is 4.42. The molecule has 0 aliphatic rings. The summed E-state index contributed by atoms with van der Waals surface area (Å²) in [6, 6.07) is 12.0. The van der Waals surface area contributed by atoms with E-state index in [0.717, 1.165) is 34.1 Å². The molecule has 0 radical (unpaired) electrons. The van der Waals surface area contributed by atoms with Gasteiger partial charge in [0.05, 0.1) is 27.0 Å². The van der Waals surface area contributed by atoms with Gasteiger partial charge in [-0.2, -0.15) is 17.5 Å². The van der Waals surface area contributed by atoms with Crippen LogP contribution in [0.25, 0.3) is 0 Å². The molecule has 0 atom stereocenters. The van der Waals surface area contributed by atoms with E-state index >= 15 is 0 Å². The maximum atomic E-state index is 13.7. The molecule has 3 rings (SSSR count). The number of halogens is 5. The van der Waals surface area contributed by atoms with Crippen LogP contribution >= 0.6 is 23.2 Å². The zero-order chi connectivity index (χ0) is 26.8. The summed E-state index contributed by atoms with van der Waals surface area (Å²) < 4.78 is 66.9. The van der Waals surface area contributed by atoms with E-state index in [1.165, 1.54) is 12.1 Å². The molecule has 0 spiro atoms. The van der Waals surface area contributed by atoms with Gasteiger partial charge >= 0.3 is 6.18 Å².